The molecule has 0 aromatic heterocycles. The van der Waals surface area contributed by atoms with E-state index in [2.05, 4.69) is 71.6 Å². The lowest BCUT2D eigenvalue weighted by molar-refractivity contribution is 0.317. The van der Waals surface area contributed by atoms with E-state index in [0.717, 1.165) is 55.9 Å². The highest BCUT2D eigenvalue weighted by Gasteiger charge is 2.21. The van der Waals surface area contributed by atoms with Gasteiger partial charge in [0.15, 0.2) is 0 Å². The van der Waals surface area contributed by atoms with Crippen LogP contribution in [0.3, 0.4) is 0 Å². The van der Waals surface area contributed by atoms with Crippen molar-refractivity contribution in [1.82, 2.24) is 4.90 Å². The molecule has 1 aliphatic carbocycles. The first-order valence-electron chi connectivity index (χ1n) is 12.4. The normalized spacial score (nSPS) is 17.8. The summed E-state index contributed by atoms with van der Waals surface area (Å²) in [4.78, 5) is 2.35. The Morgan fingerprint density at radius 2 is 1.62 bits per heavy atom. The number of alkyl halides is 1. The van der Waals surface area contributed by atoms with Crippen LogP contribution in [0.5, 0.6) is 0 Å². The van der Waals surface area contributed by atoms with Gasteiger partial charge >= 0.3 is 0 Å². The highest BCUT2D eigenvalue weighted by molar-refractivity contribution is 6.32. The minimum Gasteiger partial charge on any atom is -0.299 e. The number of likely N-dealkylation sites (tertiary alicyclic amines) is 1. The van der Waals surface area contributed by atoms with Gasteiger partial charge in [-0.05, 0) is 77.1 Å². The van der Waals surface area contributed by atoms with Gasteiger partial charge < -0.3 is 0 Å². The monoisotopic (exact) mass is 471 g/mol. The van der Waals surface area contributed by atoms with Gasteiger partial charge in [0.05, 0.1) is 6.67 Å². The van der Waals surface area contributed by atoms with E-state index >= 15 is 0 Å². The fourth-order valence-corrected chi connectivity index (χ4v) is 5.60. The second-order valence-corrected chi connectivity index (χ2v) is 9.74. The molecule has 5 rings (SSSR count). The fourth-order valence-electron chi connectivity index (χ4n) is 5.35. The van der Waals surface area contributed by atoms with Crippen LogP contribution in [0, 0.1) is 0 Å². The largest absolute Gasteiger partial charge is 0.299 e. The van der Waals surface area contributed by atoms with Crippen LogP contribution in [0.4, 0.5) is 4.39 Å². The molecule has 1 nitrogen and oxygen atoms in total. The first kappa shape index (κ1) is 23.1. The third kappa shape index (κ3) is 5.04. The van der Waals surface area contributed by atoms with Crippen LogP contribution in [0.15, 0.2) is 78.4 Å². The smallest absolute Gasteiger partial charge is 0.0906 e. The first-order chi connectivity index (χ1) is 16.7. The Morgan fingerprint density at radius 3 is 2.41 bits per heavy atom. The Kier molecular flexibility index (Phi) is 7.27. The van der Waals surface area contributed by atoms with Crippen LogP contribution >= 0.6 is 11.6 Å². The number of aryl methyl sites for hydroxylation is 1. The van der Waals surface area contributed by atoms with Crippen molar-refractivity contribution >= 4 is 28.8 Å². The summed E-state index contributed by atoms with van der Waals surface area (Å²) in [5.41, 5.74) is 10.4. The molecule has 174 valence electrons. The molecule has 1 heterocycles. The van der Waals surface area contributed by atoms with Crippen molar-refractivity contribution in [3.8, 4) is 0 Å². The second kappa shape index (κ2) is 10.7. The van der Waals surface area contributed by atoms with Crippen LogP contribution in [-0.4, -0.2) is 31.2 Å². The molecule has 0 atom stereocenters. The number of hydrogen-bond donors (Lipinski definition) is 0. The van der Waals surface area contributed by atoms with Crippen LogP contribution in [0.1, 0.15) is 53.5 Å². The number of benzene rings is 3. The van der Waals surface area contributed by atoms with Crippen molar-refractivity contribution in [2.45, 2.75) is 32.1 Å². The summed E-state index contributed by atoms with van der Waals surface area (Å²) in [5, 5.41) is 0.814. The van der Waals surface area contributed by atoms with Crippen molar-refractivity contribution in [2.24, 2.45) is 0 Å². The molecular weight excluding hydrogens is 441 g/mol. The van der Waals surface area contributed by atoms with Gasteiger partial charge in [0, 0.05) is 24.7 Å². The van der Waals surface area contributed by atoms with Crippen molar-refractivity contribution in [3.05, 3.63) is 111 Å². The summed E-state index contributed by atoms with van der Waals surface area (Å²) in [5.74, 6) is 0. The SMILES string of the molecule is FCCCN1CC/C(=C/c2ccc(C3=C(c4ccccc4Cl)CCCc4ccccc43)cc2)C1. The van der Waals surface area contributed by atoms with Gasteiger partial charge in [0.2, 0.25) is 0 Å². The summed E-state index contributed by atoms with van der Waals surface area (Å²) in [6.45, 7) is 2.61. The second-order valence-electron chi connectivity index (χ2n) is 9.34. The standard InChI is InChI=1S/C31H31ClFN/c32-30-12-4-3-10-28(30)29-11-5-8-25-7-1-2-9-27(25)31(29)26-15-13-23(14-16-26)21-24-17-20-34(22-24)19-6-18-33/h1-4,7,9-10,12-16,21H,5-6,8,11,17-20,22H2/b24-21-. The lowest BCUT2D eigenvalue weighted by Gasteiger charge is -2.17. The van der Waals surface area contributed by atoms with Crippen molar-refractivity contribution in [1.29, 1.82) is 0 Å². The Balaban J connectivity index is 1.51. The molecule has 0 spiro atoms. The predicted molar refractivity (Wildman–Crippen MR) is 143 cm³/mol. The molecule has 0 saturated carbocycles. The van der Waals surface area contributed by atoms with Gasteiger partial charge in [-0.25, -0.2) is 0 Å². The molecule has 3 aromatic rings. The lowest BCUT2D eigenvalue weighted by Crippen LogP contribution is -2.20. The molecule has 34 heavy (non-hydrogen) atoms. The van der Waals surface area contributed by atoms with Crippen molar-refractivity contribution < 1.29 is 4.39 Å². The van der Waals surface area contributed by atoms with Crippen molar-refractivity contribution in [2.75, 3.05) is 26.3 Å². The molecule has 1 fully saturated rings. The molecule has 2 aliphatic rings. The van der Waals surface area contributed by atoms with Crippen LogP contribution in [0.25, 0.3) is 17.2 Å². The Labute approximate surface area is 207 Å². The Morgan fingerprint density at radius 1 is 0.853 bits per heavy atom. The van der Waals surface area contributed by atoms with Crippen molar-refractivity contribution in [3.63, 3.8) is 0 Å². The minimum absolute atomic E-state index is 0.230. The minimum atomic E-state index is -0.230. The molecule has 0 amide bonds. The molecule has 0 unspecified atom stereocenters. The number of rotatable bonds is 6. The van der Waals surface area contributed by atoms with E-state index in [0.29, 0.717) is 6.42 Å². The maximum absolute atomic E-state index is 12.5. The molecule has 3 aromatic carbocycles. The molecule has 1 aliphatic heterocycles. The van der Waals surface area contributed by atoms with Crippen LogP contribution < -0.4 is 0 Å². The number of fused-ring (bicyclic) bond motifs is 1. The van der Waals surface area contributed by atoms with Gasteiger partial charge in [-0.2, -0.15) is 0 Å². The maximum Gasteiger partial charge on any atom is 0.0906 e. The summed E-state index contributed by atoms with van der Waals surface area (Å²) in [6.07, 6.45) is 7.22. The zero-order valence-corrected chi connectivity index (χ0v) is 20.3. The summed E-state index contributed by atoms with van der Waals surface area (Å²) >= 11 is 6.69. The number of allylic oxidation sites excluding steroid dienone is 1. The molecule has 0 N–H and O–H groups in total. The highest BCUT2D eigenvalue weighted by atomic mass is 35.5. The van der Waals surface area contributed by atoms with Gasteiger partial charge in [0.25, 0.3) is 0 Å². The van der Waals surface area contributed by atoms with E-state index in [9.17, 15) is 4.39 Å². The van der Waals surface area contributed by atoms with E-state index in [4.69, 9.17) is 11.6 Å². The van der Waals surface area contributed by atoms with Crippen LogP contribution in [-0.2, 0) is 6.42 Å². The van der Waals surface area contributed by atoms with E-state index in [1.165, 1.54) is 39.0 Å². The topological polar surface area (TPSA) is 3.24 Å². The van der Waals surface area contributed by atoms with Gasteiger partial charge in [0.1, 0.15) is 0 Å². The van der Waals surface area contributed by atoms with Gasteiger partial charge in [-0.1, -0.05) is 90.0 Å². The van der Waals surface area contributed by atoms with Gasteiger partial charge in [-0.3, -0.25) is 9.29 Å². The zero-order chi connectivity index (χ0) is 23.3. The average molecular weight is 472 g/mol. The Hall–Kier alpha value is -2.68. The first-order valence-corrected chi connectivity index (χ1v) is 12.8. The fraction of sp³-hybridized carbons (Fsp3) is 0.290. The Bertz CT molecular complexity index is 1210. The van der Waals surface area contributed by atoms with E-state index < -0.39 is 0 Å². The number of nitrogens with zero attached hydrogens (tertiary/aromatic N) is 1. The van der Waals surface area contributed by atoms with E-state index in [-0.39, 0.29) is 6.67 Å². The molecule has 1 saturated heterocycles. The van der Waals surface area contributed by atoms with Gasteiger partial charge in [-0.15, -0.1) is 0 Å². The zero-order valence-electron chi connectivity index (χ0n) is 19.6. The number of hydrogen-bond acceptors (Lipinski definition) is 1. The molecule has 3 heteroatoms. The third-order valence-electron chi connectivity index (χ3n) is 7.01. The highest BCUT2D eigenvalue weighted by Crippen LogP contribution is 2.41. The molecule has 0 bridgehead atoms. The summed E-state index contributed by atoms with van der Waals surface area (Å²) < 4.78 is 12.5. The van der Waals surface area contributed by atoms with Crippen LogP contribution in [0.2, 0.25) is 5.02 Å². The third-order valence-corrected chi connectivity index (χ3v) is 7.34. The summed E-state index contributed by atoms with van der Waals surface area (Å²) in [6, 6.07) is 26.0. The molecular formula is C31H31ClFN. The molecule has 0 radical (unpaired) electrons. The maximum atomic E-state index is 12.5. The van der Waals surface area contributed by atoms with E-state index in [1.807, 2.05) is 12.1 Å². The summed E-state index contributed by atoms with van der Waals surface area (Å²) in [7, 11) is 0. The predicted octanol–water partition coefficient (Wildman–Crippen LogP) is 8.08. The quantitative estimate of drug-likeness (QED) is 0.351. The lowest BCUT2D eigenvalue weighted by atomic mass is 9.87. The van der Waals surface area contributed by atoms with E-state index in [1.54, 1.807) is 0 Å². The average Bonchev–Trinajstić information content (AvgIpc) is 3.22. The number of halogens is 2.